The predicted octanol–water partition coefficient (Wildman–Crippen LogP) is 2.04. The second kappa shape index (κ2) is 5.61. The van der Waals surface area contributed by atoms with Gasteiger partial charge in [0.1, 0.15) is 4.88 Å². The van der Waals surface area contributed by atoms with E-state index in [0.29, 0.717) is 10.6 Å². The SMILES string of the molecule is COC1(C)CCCN(c2cc(N)c(C(=O)N(C)C)s2)C1. The van der Waals surface area contributed by atoms with E-state index in [4.69, 9.17) is 10.5 Å². The molecule has 1 aromatic heterocycles. The number of thiophene rings is 1. The summed E-state index contributed by atoms with van der Waals surface area (Å²) in [7, 11) is 5.24. The highest BCUT2D eigenvalue weighted by atomic mass is 32.1. The maximum Gasteiger partial charge on any atom is 0.265 e. The van der Waals surface area contributed by atoms with Gasteiger partial charge in [-0.15, -0.1) is 11.3 Å². The van der Waals surface area contributed by atoms with Gasteiger partial charge < -0.3 is 20.3 Å². The van der Waals surface area contributed by atoms with Crippen molar-refractivity contribution in [3.8, 4) is 0 Å². The van der Waals surface area contributed by atoms with Crippen LogP contribution < -0.4 is 10.6 Å². The summed E-state index contributed by atoms with van der Waals surface area (Å²) in [5, 5.41) is 1.05. The van der Waals surface area contributed by atoms with Gasteiger partial charge in [0.25, 0.3) is 5.91 Å². The van der Waals surface area contributed by atoms with Gasteiger partial charge in [-0.2, -0.15) is 0 Å². The van der Waals surface area contributed by atoms with Crippen LogP contribution in [0, 0.1) is 0 Å². The van der Waals surface area contributed by atoms with E-state index in [-0.39, 0.29) is 11.5 Å². The number of carbonyl (C=O) groups is 1. The minimum Gasteiger partial charge on any atom is -0.397 e. The van der Waals surface area contributed by atoms with Gasteiger partial charge in [0.15, 0.2) is 0 Å². The van der Waals surface area contributed by atoms with Crippen molar-refractivity contribution >= 4 is 27.9 Å². The molecule has 2 rings (SSSR count). The summed E-state index contributed by atoms with van der Waals surface area (Å²) >= 11 is 1.47. The molecule has 0 radical (unpaired) electrons. The van der Waals surface area contributed by atoms with Crippen LogP contribution in [0.3, 0.4) is 0 Å². The lowest BCUT2D eigenvalue weighted by Crippen LogP contribution is -2.47. The van der Waals surface area contributed by atoms with E-state index in [0.717, 1.165) is 30.9 Å². The minimum absolute atomic E-state index is 0.0368. The molecule has 20 heavy (non-hydrogen) atoms. The van der Waals surface area contributed by atoms with Gasteiger partial charge in [-0.05, 0) is 25.8 Å². The topological polar surface area (TPSA) is 58.8 Å². The third-order valence-electron chi connectivity index (χ3n) is 3.81. The monoisotopic (exact) mass is 297 g/mol. The van der Waals surface area contributed by atoms with Crippen molar-refractivity contribution in [1.82, 2.24) is 4.90 Å². The first-order chi connectivity index (χ1) is 9.36. The van der Waals surface area contributed by atoms with E-state index in [1.165, 1.54) is 11.3 Å². The summed E-state index contributed by atoms with van der Waals surface area (Å²) in [5.74, 6) is -0.0368. The Kier molecular flexibility index (Phi) is 4.25. The molecule has 1 aliphatic heterocycles. The first-order valence-electron chi connectivity index (χ1n) is 6.77. The van der Waals surface area contributed by atoms with E-state index in [2.05, 4.69) is 11.8 Å². The van der Waals surface area contributed by atoms with Crippen LogP contribution in [-0.2, 0) is 4.74 Å². The number of anilines is 2. The average Bonchev–Trinajstić information content (AvgIpc) is 2.80. The molecule has 5 nitrogen and oxygen atoms in total. The van der Waals surface area contributed by atoms with Crippen molar-refractivity contribution in [2.24, 2.45) is 0 Å². The Labute approximate surface area is 124 Å². The van der Waals surface area contributed by atoms with Crippen molar-refractivity contribution in [2.75, 3.05) is 44.9 Å². The predicted molar refractivity (Wildman–Crippen MR) is 83.6 cm³/mol. The smallest absolute Gasteiger partial charge is 0.265 e. The second-order valence-electron chi connectivity index (χ2n) is 5.75. The summed E-state index contributed by atoms with van der Waals surface area (Å²) in [4.78, 5) is 16.5. The molecule has 112 valence electrons. The molecule has 0 saturated carbocycles. The number of rotatable bonds is 3. The van der Waals surface area contributed by atoms with Gasteiger partial charge in [0.05, 0.1) is 16.3 Å². The molecular formula is C14H23N3O2S. The first-order valence-corrected chi connectivity index (χ1v) is 7.59. The lowest BCUT2D eigenvalue weighted by molar-refractivity contribution is -0.00451. The van der Waals surface area contributed by atoms with E-state index in [9.17, 15) is 4.79 Å². The second-order valence-corrected chi connectivity index (χ2v) is 6.78. The average molecular weight is 297 g/mol. The summed E-state index contributed by atoms with van der Waals surface area (Å²) in [6.07, 6.45) is 2.14. The van der Waals surface area contributed by atoms with Crippen molar-refractivity contribution in [1.29, 1.82) is 0 Å². The Morgan fingerprint density at radius 2 is 2.25 bits per heavy atom. The van der Waals surface area contributed by atoms with Crippen LogP contribution in [0.15, 0.2) is 6.07 Å². The fourth-order valence-corrected chi connectivity index (χ4v) is 3.60. The number of nitrogens with zero attached hydrogens (tertiary/aromatic N) is 2. The Hall–Kier alpha value is -1.27. The van der Waals surface area contributed by atoms with Crippen molar-refractivity contribution < 1.29 is 9.53 Å². The van der Waals surface area contributed by atoms with Gasteiger partial charge >= 0.3 is 0 Å². The molecule has 1 aromatic rings. The molecule has 1 atom stereocenters. The van der Waals surface area contributed by atoms with Gasteiger partial charge in [-0.1, -0.05) is 0 Å². The summed E-state index contributed by atoms with van der Waals surface area (Å²) in [6, 6.07) is 1.91. The fourth-order valence-electron chi connectivity index (χ4n) is 2.48. The Morgan fingerprint density at radius 3 is 2.85 bits per heavy atom. The highest BCUT2D eigenvalue weighted by Gasteiger charge is 2.32. The van der Waals surface area contributed by atoms with Crippen LogP contribution in [-0.4, -0.2) is 50.7 Å². The largest absolute Gasteiger partial charge is 0.397 e. The summed E-state index contributed by atoms with van der Waals surface area (Å²) in [5.41, 5.74) is 6.43. The Bertz CT molecular complexity index is 501. The van der Waals surface area contributed by atoms with Crippen LogP contribution in [0.25, 0.3) is 0 Å². The molecule has 1 amide bonds. The summed E-state index contributed by atoms with van der Waals surface area (Å²) in [6.45, 7) is 3.94. The van der Waals surface area contributed by atoms with Crippen LogP contribution in [0.4, 0.5) is 10.7 Å². The van der Waals surface area contributed by atoms with Crippen molar-refractivity contribution in [3.05, 3.63) is 10.9 Å². The molecule has 1 saturated heterocycles. The van der Waals surface area contributed by atoms with Gasteiger partial charge in [-0.25, -0.2) is 0 Å². The molecular weight excluding hydrogens is 274 g/mol. The maximum atomic E-state index is 12.1. The van der Waals surface area contributed by atoms with E-state index in [1.807, 2.05) is 6.07 Å². The van der Waals surface area contributed by atoms with Crippen LogP contribution in [0.1, 0.15) is 29.4 Å². The van der Waals surface area contributed by atoms with Crippen molar-refractivity contribution in [2.45, 2.75) is 25.4 Å². The quantitative estimate of drug-likeness (QED) is 0.927. The molecule has 1 aliphatic rings. The number of nitrogen functional groups attached to an aromatic ring is 1. The molecule has 2 heterocycles. The molecule has 0 aromatic carbocycles. The van der Waals surface area contributed by atoms with E-state index >= 15 is 0 Å². The van der Waals surface area contributed by atoms with Gasteiger partial charge in [-0.3, -0.25) is 4.79 Å². The number of ether oxygens (including phenoxy) is 1. The van der Waals surface area contributed by atoms with E-state index in [1.54, 1.807) is 26.1 Å². The number of nitrogens with two attached hydrogens (primary N) is 1. The Morgan fingerprint density at radius 1 is 1.55 bits per heavy atom. The minimum atomic E-state index is -0.122. The standard InChI is InChI=1S/C14H23N3O2S/c1-14(19-4)6-5-7-17(9-14)11-8-10(15)12(20-11)13(18)16(2)3/h8H,5-7,9,15H2,1-4H3. The number of carbonyl (C=O) groups excluding carboxylic acids is 1. The molecule has 0 aliphatic carbocycles. The molecule has 2 N–H and O–H groups in total. The number of piperidine rings is 1. The van der Waals surface area contributed by atoms with E-state index < -0.39 is 0 Å². The number of amides is 1. The number of hydrogen-bond acceptors (Lipinski definition) is 5. The first kappa shape index (κ1) is 15.1. The number of methoxy groups -OCH3 is 1. The highest BCUT2D eigenvalue weighted by Crippen LogP contribution is 2.36. The zero-order valence-corrected chi connectivity index (χ0v) is 13.4. The zero-order chi connectivity index (χ0) is 14.9. The normalized spacial score (nSPS) is 22.9. The molecule has 0 spiro atoms. The molecule has 6 heteroatoms. The molecule has 0 bridgehead atoms. The lowest BCUT2D eigenvalue weighted by Gasteiger charge is -2.40. The molecule has 1 unspecified atom stereocenters. The third kappa shape index (κ3) is 2.91. The third-order valence-corrected chi connectivity index (χ3v) is 5.01. The fraction of sp³-hybridized carbons (Fsp3) is 0.643. The van der Waals surface area contributed by atoms with Crippen LogP contribution in [0.5, 0.6) is 0 Å². The Balaban J connectivity index is 2.22. The maximum absolute atomic E-state index is 12.1. The summed E-state index contributed by atoms with van der Waals surface area (Å²) < 4.78 is 5.61. The zero-order valence-electron chi connectivity index (χ0n) is 12.6. The number of hydrogen-bond donors (Lipinski definition) is 1. The van der Waals surface area contributed by atoms with Gasteiger partial charge in [0.2, 0.25) is 0 Å². The molecule has 1 fully saturated rings. The van der Waals surface area contributed by atoms with Crippen LogP contribution in [0.2, 0.25) is 0 Å². The highest BCUT2D eigenvalue weighted by molar-refractivity contribution is 7.18. The lowest BCUT2D eigenvalue weighted by atomic mass is 9.95. The van der Waals surface area contributed by atoms with Crippen molar-refractivity contribution in [3.63, 3.8) is 0 Å². The van der Waals surface area contributed by atoms with Crippen LogP contribution >= 0.6 is 11.3 Å². The van der Waals surface area contributed by atoms with Gasteiger partial charge in [0, 0.05) is 34.3 Å².